The normalized spacial score (nSPS) is 26.1. The van der Waals surface area contributed by atoms with Gasteiger partial charge in [-0.2, -0.15) is 16.9 Å². The van der Waals surface area contributed by atoms with Crippen LogP contribution in [0, 0.1) is 5.92 Å². The van der Waals surface area contributed by atoms with Gasteiger partial charge in [0.2, 0.25) is 5.91 Å². The van der Waals surface area contributed by atoms with E-state index in [1.165, 1.54) is 0 Å². The van der Waals surface area contributed by atoms with Gasteiger partial charge in [0.25, 0.3) is 0 Å². The van der Waals surface area contributed by atoms with Crippen molar-refractivity contribution < 1.29 is 24.6 Å². The fourth-order valence-corrected chi connectivity index (χ4v) is 5.43. The molecule has 0 aromatic rings. The minimum atomic E-state index is -1.18. The Morgan fingerprint density at radius 1 is 1.00 bits per heavy atom. The minimum absolute atomic E-state index is 0.00661. The number of nitrogens with one attached hydrogen (secondary N) is 2. The highest BCUT2D eigenvalue weighted by Crippen LogP contribution is 2.29. The quantitative estimate of drug-likeness (QED) is 0.0952. The second-order valence-corrected chi connectivity index (χ2v) is 10.8. The minimum Gasteiger partial charge on any atom is -0.480 e. The van der Waals surface area contributed by atoms with Gasteiger partial charge in [0, 0.05) is 11.8 Å². The molecule has 204 valence electrons. The zero-order chi connectivity index (χ0) is 26.5. The number of guanidine groups is 1. The summed E-state index contributed by atoms with van der Waals surface area (Å²) in [6.45, 7) is 0.242. The Labute approximate surface area is 216 Å². The number of nitrogens with zero attached hydrogens (tertiary/aromatic N) is 3. The Kier molecular flexibility index (Phi) is 13.0. The molecule has 0 aromatic heterocycles. The first-order chi connectivity index (χ1) is 17.2. The van der Waals surface area contributed by atoms with E-state index in [1.807, 2.05) is 11.8 Å². The van der Waals surface area contributed by atoms with Crippen molar-refractivity contribution in [1.29, 1.82) is 0 Å². The largest absolute Gasteiger partial charge is 0.480 e. The fourth-order valence-electron chi connectivity index (χ4n) is 4.69. The van der Waals surface area contributed by atoms with E-state index in [2.05, 4.69) is 32.1 Å². The molecule has 8 N–H and O–H groups in total. The van der Waals surface area contributed by atoms with Crippen molar-refractivity contribution in [3.8, 4) is 0 Å². The van der Waals surface area contributed by atoms with Crippen LogP contribution in [0.25, 0.3) is 0 Å². The van der Waals surface area contributed by atoms with E-state index in [4.69, 9.17) is 11.5 Å². The summed E-state index contributed by atoms with van der Waals surface area (Å²) in [4.78, 5) is 41.2. The standard InChI is InChI=1S/C23H41N7O5S/c1-36-17-10-6-15(7-11-17)29-30-23(35)28-19(13-14-4-8-16(31)9-5-14)20(32)27-18(21(33)34)3-2-12-26-22(24)25/h14-19,31H,2-13H2,1H3,(H,27,32)(H,28,35)(H,33,34)(H4,24,25,26). The Hall–Kier alpha value is -2.41. The van der Waals surface area contributed by atoms with Gasteiger partial charge < -0.3 is 32.3 Å². The molecule has 0 spiro atoms. The average molecular weight is 528 g/mol. The summed E-state index contributed by atoms with van der Waals surface area (Å²) in [5.41, 5.74) is 10.6. The molecule has 2 atom stereocenters. The van der Waals surface area contributed by atoms with Gasteiger partial charge in [-0.05, 0) is 82.8 Å². The molecule has 0 heterocycles. The lowest BCUT2D eigenvalue weighted by atomic mass is 9.83. The topological polar surface area (TPSA) is 205 Å². The molecule has 2 aliphatic carbocycles. The van der Waals surface area contributed by atoms with Gasteiger partial charge >= 0.3 is 12.0 Å². The van der Waals surface area contributed by atoms with Gasteiger partial charge in [-0.15, -0.1) is 0 Å². The SMILES string of the molecule is CSC1CCC(N=NC(=O)NC(CC2CCC(O)CC2)C(=O)NC(CCCN=C(N)N)C(=O)O)CC1. The van der Waals surface area contributed by atoms with E-state index in [9.17, 15) is 24.6 Å². The van der Waals surface area contributed by atoms with E-state index >= 15 is 0 Å². The Balaban J connectivity index is 1.99. The first-order valence-electron chi connectivity index (χ1n) is 12.7. The number of azo groups is 1. The highest BCUT2D eigenvalue weighted by Gasteiger charge is 2.30. The zero-order valence-corrected chi connectivity index (χ0v) is 21.8. The molecule has 0 aromatic carbocycles. The molecule has 0 radical (unpaired) electrons. The fraction of sp³-hybridized carbons (Fsp3) is 0.826. The van der Waals surface area contributed by atoms with Crippen LogP contribution in [0.15, 0.2) is 15.2 Å². The number of nitrogens with two attached hydrogens (primary N) is 2. The van der Waals surface area contributed by atoms with Crippen molar-refractivity contribution >= 4 is 35.6 Å². The van der Waals surface area contributed by atoms with Crippen LogP contribution in [0.5, 0.6) is 0 Å². The molecule has 0 bridgehead atoms. The number of rotatable bonds is 12. The second-order valence-electron chi connectivity index (χ2n) is 9.64. The molecule has 2 unspecified atom stereocenters. The van der Waals surface area contributed by atoms with E-state index in [-0.39, 0.29) is 37.0 Å². The summed E-state index contributed by atoms with van der Waals surface area (Å²) in [5, 5.41) is 33.1. The maximum Gasteiger partial charge on any atom is 0.359 e. The van der Waals surface area contributed by atoms with Crippen LogP contribution in [0.1, 0.15) is 70.6 Å². The summed E-state index contributed by atoms with van der Waals surface area (Å²) < 4.78 is 0. The third-order valence-electron chi connectivity index (χ3n) is 6.85. The van der Waals surface area contributed by atoms with Crippen molar-refractivity contribution in [2.45, 2.75) is 100 Å². The first-order valence-corrected chi connectivity index (χ1v) is 14.0. The van der Waals surface area contributed by atoms with E-state index in [0.29, 0.717) is 30.9 Å². The number of carbonyl (C=O) groups is 3. The number of amides is 3. The molecule has 0 aliphatic heterocycles. The van der Waals surface area contributed by atoms with E-state index in [1.54, 1.807) is 0 Å². The predicted molar refractivity (Wildman–Crippen MR) is 139 cm³/mol. The molecule has 2 saturated carbocycles. The van der Waals surface area contributed by atoms with E-state index < -0.39 is 30.0 Å². The molecule has 3 amide bonds. The Morgan fingerprint density at radius 2 is 1.67 bits per heavy atom. The van der Waals surface area contributed by atoms with Crippen LogP contribution in [0.2, 0.25) is 0 Å². The number of hydrogen-bond donors (Lipinski definition) is 6. The number of aliphatic hydroxyl groups excluding tert-OH is 1. The zero-order valence-electron chi connectivity index (χ0n) is 21.0. The molecule has 36 heavy (non-hydrogen) atoms. The molecule has 13 heteroatoms. The van der Waals surface area contributed by atoms with Gasteiger partial charge in [-0.25, -0.2) is 9.59 Å². The summed E-state index contributed by atoms with van der Waals surface area (Å²) in [7, 11) is 0. The number of aliphatic imine (C=N–C) groups is 1. The van der Waals surface area contributed by atoms with Gasteiger partial charge in [0.15, 0.2) is 5.96 Å². The molecule has 12 nitrogen and oxygen atoms in total. The highest BCUT2D eigenvalue weighted by molar-refractivity contribution is 7.99. The monoisotopic (exact) mass is 527 g/mol. The molecule has 2 fully saturated rings. The van der Waals surface area contributed by atoms with Crippen LogP contribution in [-0.4, -0.2) is 76.4 Å². The predicted octanol–water partition coefficient (Wildman–Crippen LogP) is 1.76. The number of aliphatic carboxylic acids is 1. The van der Waals surface area contributed by atoms with Crippen LogP contribution < -0.4 is 22.1 Å². The lowest BCUT2D eigenvalue weighted by molar-refractivity contribution is -0.142. The summed E-state index contributed by atoms with van der Waals surface area (Å²) in [6, 6.07) is -2.82. The van der Waals surface area contributed by atoms with Crippen LogP contribution in [-0.2, 0) is 9.59 Å². The lowest BCUT2D eigenvalue weighted by Crippen LogP contribution is -2.52. The Morgan fingerprint density at radius 3 is 2.25 bits per heavy atom. The number of carboxylic acid groups (broad SMARTS) is 1. The van der Waals surface area contributed by atoms with Crippen molar-refractivity contribution in [1.82, 2.24) is 10.6 Å². The number of aliphatic hydroxyl groups is 1. The van der Waals surface area contributed by atoms with Crippen LogP contribution in [0.4, 0.5) is 4.79 Å². The number of thioether (sulfide) groups is 1. The summed E-state index contributed by atoms with van der Waals surface area (Å²) in [5.74, 6) is -1.73. The molecular weight excluding hydrogens is 486 g/mol. The van der Waals surface area contributed by atoms with Crippen molar-refractivity contribution in [3.63, 3.8) is 0 Å². The van der Waals surface area contributed by atoms with Crippen molar-refractivity contribution in [2.24, 2.45) is 32.6 Å². The number of carboxylic acids is 1. The third kappa shape index (κ3) is 11.1. The number of hydrogen-bond acceptors (Lipinski definition) is 7. The number of urea groups is 1. The Bertz CT molecular complexity index is 777. The van der Waals surface area contributed by atoms with Crippen LogP contribution in [0.3, 0.4) is 0 Å². The highest BCUT2D eigenvalue weighted by atomic mass is 32.2. The first kappa shape index (κ1) is 29.8. The summed E-state index contributed by atoms with van der Waals surface area (Å²) >= 11 is 1.84. The van der Waals surface area contributed by atoms with Crippen molar-refractivity contribution in [3.05, 3.63) is 0 Å². The molecule has 2 aliphatic rings. The van der Waals surface area contributed by atoms with Crippen LogP contribution >= 0.6 is 11.8 Å². The second kappa shape index (κ2) is 15.6. The molecule has 0 saturated heterocycles. The summed E-state index contributed by atoms with van der Waals surface area (Å²) in [6.07, 6.45) is 9.09. The van der Waals surface area contributed by atoms with Crippen molar-refractivity contribution in [2.75, 3.05) is 12.8 Å². The maximum absolute atomic E-state index is 13.1. The smallest absolute Gasteiger partial charge is 0.359 e. The third-order valence-corrected chi connectivity index (χ3v) is 7.99. The molecule has 2 rings (SSSR count). The maximum atomic E-state index is 13.1. The van der Waals surface area contributed by atoms with Gasteiger partial charge in [-0.3, -0.25) is 9.79 Å². The average Bonchev–Trinajstić information content (AvgIpc) is 2.85. The number of carbonyl (C=O) groups excluding carboxylic acids is 2. The molecular formula is C23H41N7O5S. The van der Waals surface area contributed by atoms with Gasteiger partial charge in [-0.1, -0.05) is 5.11 Å². The van der Waals surface area contributed by atoms with Gasteiger partial charge in [0.1, 0.15) is 12.1 Å². The lowest BCUT2D eigenvalue weighted by Gasteiger charge is -2.29. The van der Waals surface area contributed by atoms with Gasteiger partial charge in [0.05, 0.1) is 12.1 Å². The van der Waals surface area contributed by atoms with E-state index in [0.717, 1.165) is 38.5 Å².